The fourth-order valence-corrected chi connectivity index (χ4v) is 1.54. The second kappa shape index (κ2) is 4.26. The van der Waals surface area contributed by atoms with Crippen LogP contribution < -0.4 is 0 Å². The van der Waals surface area contributed by atoms with Crippen molar-refractivity contribution in [2.24, 2.45) is 0 Å². The Labute approximate surface area is 84.5 Å². The van der Waals surface area contributed by atoms with Crippen molar-refractivity contribution in [3.05, 3.63) is 18.7 Å². The molecule has 1 amide bonds. The van der Waals surface area contributed by atoms with E-state index in [-0.39, 0.29) is 18.1 Å². The Morgan fingerprint density at radius 3 is 2.21 bits per heavy atom. The summed E-state index contributed by atoms with van der Waals surface area (Å²) in [5.74, 6) is 0. The summed E-state index contributed by atoms with van der Waals surface area (Å²) in [5, 5.41) is 0. The summed E-state index contributed by atoms with van der Waals surface area (Å²) in [6.07, 6.45) is 4.80. The molecule has 0 saturated heterocycles. The highest BCUT2D eigenvalue weighted by molar-refractivity contribution is 5.77. The second-order valence-corrected chi connectivity index (χ2v) is 3.85. The van der Waals surface area contributed by atoms with E-state index >= 15 is 0 Å². The van der Waals surface area contributed by atoms with E-state index in [2.05, 4.69) is 4.98 Å². The Kier molecular flexibility index (Phi) is 3.28. The Hall–Kier alpha value is -1.32. The number of rotatable bonds is 2. The van der Waals surface area contributed by atoms with Gasteiger partial charge in [0.25, 0.3) is 0 Å². The summed E-state index contributed by atoms with van der Waals surface area (Å²) in [4.78, 5) is 17.6. The number of carbonyl (C=O) groups is 1. The van der Waals surface area contributed by atoms with Crippen LogP contribution in [-0.2, 0) is 0 Å². The SMILES string of the molecule is CC(C)N(C(=O)n1ccnc1)C(C)C. The Balaban J connectivity index is 2.85. The number of carbonyl (C=O) groups excluding carboxylic acids is 1. The van der Waals surface area contributed by atoms with Gasteiger partial charge < -0.3 is 4.90 Å². The smallest absolute Gasteiger partial charge is 0.319 e. The van der Waals surface area contributed by atoms with E-state index in [0.717, 1.165) is 0 Å². The third kappa shape index (κ3) is 2.13. The molecule has 1 aromatic heterocycles. The summed E-state index contributed by atoms with van der Waals surface area (Å²) < 4.78 is 1.50. The molecule has 0 N–H and O–H groups in total. The molecule has 0 fully saturated rings. The van der Waals surface area contributed by atoms with Gasteiger partial charge >= 0.3 is 6.03 Å². The normalized spacial score (nSPS) is 11.0. The van der Waals surface area contributed by atoms with Crippen LogP contribution in [0.15, 0.2) is 18.7 Å². The first kappa shape index (κ1) is 10.8. The van der Waals surface area contributed by atoms with E-state index in [1.807, 2.05) is 32.6 Å². The molecule has 14 heavy (non-hydrogen) atoms. The lowest BCUT2D eigenvalue weighted by Gasteiger charge is -2.30. The molecule has 0 bridgehead atoms. The zero-order chi connectivity index (χ0) is 10.7. The third-order valence-electron chi connectivity index (χ3n) is 2.06. The van der Waals surface area contributed by atoms with Crippen LogP contribution in [0.1, 0.15) is 27.7 Å². The zero-order valence-corrected chi connectivity index (χ0v) is 9.14. The zero-order valence-electron chi connectivity index (χ0n) is 9.14. The summed E-state index contributed by atoms with van der Waals surface area (Å²) >= 11 is 0. The lowest BCUT2D eigenvalue weighted by molar-refractivity contribution is 0.166. The maximum Gasteiger partial charge on any atom is 0.329 e. The van der Waals surface area contributed by atoms with E-state index in [0.29, 0.717) is 0 Å². The number of hydrogen-bond donors (Lipinski definition) is 0. The molecule has 0 saturated carbocycles. The molecular weight excluding hydrogens is 178 g/mol. The molecule has 0 atom stereocenters. The lowest BCUT2D eigenvalue weighted by Crippen LogP contribution is -2.44. The van der Waals surface area contributed by atoms with Gasteiger partial charge in [0.2, 0.25) is 0 Å². The fourth-order valence-electron chi connectivity index (χ4n) is 1.54. The van der Waals surface area contributed by atoms with Crippen LogP contribution in [0.25, 0.3) is 0 Å². The minimum absolute atomic E-state index is 0.0208. The fraction of sp³-hybridized carbons (Fsp3) is 0.600. The number of amides is 1. The van der Waals surface area contributed by atoms with Crippen molar-refractivity contribution in [1.82, 2.24) is 14.5 Å². The molecule has 0 aliphatic heterocycles. The maximum absolute atomic E-state index is 11.9. The van der Waals surface area contributed by atoms with E-state index in [9.17, 15) is 4.79 Å². The predicted octanol–water partition coefficient (Wildman–Crippen LogP) is 1.97. The Morgan fingerprint density at radius 2 is 1.86 bits per heavy atom. The van der Waals surface area contributed by atoms with Crippen LogP contribution in [-0.4, -0.2) is 32.6 Å². The predicted molar refractivity (Wildman–Crippen MR) is 55.1 cm³/mol. The average Bonchev–Trinajstić information content (AvgIpc) is 2.53. The highest BCUT2D eigenvalue weighted by atomic mass is 16.2. The Bertz CT molecular complexity index is 282. The molecule has 0 radical (unpaired) electrons. The number of hydrogen-bond acceptors (Lipinski definition) is 2. The highest BCUT2D eigenvalue weighted by Crippen LogP contribution is 2.07. The van der Waals surface area contributed by atoms with Gasteiger partial charge in [-0.3, -0.25) is 4.57 Å². The van der Waals surface area contributed by atoms with Crippen molar-refractivity contribution in [2.75, 3.05) is 0 Å². The van der Waals surface area contributed by atoms with Gasteiger partial charge in [0, 0.05) is 24.5 Å². The monoisotopic (exact) mass is 195 g/mol. The summed E-state index contributed by atoms with van der Waals surface area (Å²) in [6.45, 7) is 8.04. The van der Waals surface area contributed by atoms with Gasteiger partial charge in [-0.1, -0.05) is 0 Å². The molecule has 0 aliphatic rings. The molecule has 0 spiro atoms. The van der Waals surface area contributed by atoms with Crippen LogP contribution in [0.2, 0.25) is 0 Å². The topological polar surface area (TPSA) is 38.1 Å². The number of nitrogens with zero attached hydrogens (tertiary/aromatic N) is 3. The van der Waals surface area contributed by atoms with Gasteiger partial charge in [-0.25, -0.2) is 9.78 Å². The second-order valence-electron chi connectivity index (χ2n) is 3.85. The molecule has 1 heterocycles. The van der Waals surface area contributed by atoms with Gasteiger partial charge in [0.05, 0.1) is 0 Å². The molecule has 0 unspecified atom stereocenters. The molecule has 1 aromatic rings. The molecule has 1 rings (SSSR count). The van der Waals surface area contributed by atoms with Crippen LogP contribution >= 0.6 is 0 Å². The van der Waals surface area contributed by atoms with Crippen molar-refractivity contribution in [3.63, 3.8) is 0 Å². The van der Waals surface area contributed by atoms with Gasteiger partial charge in [0.1, 0.15) is 6.33 Å². The number of aromatic nitrogens is 2. The first-order valence-electron chi connectivity index (χ1n) is 4.84. The van der Waals surface area contributed by atoms with Gasteiger partial charge in [-0.2, -0.15) is 0 Å². The molecule has 4 heteroatoms. The minimum atomic E-state index is -0.0208. The van der Waals surface area contributed by atoms with E-state index in [4.69, 9.17) is 0 Å². The van der Waals surface area contributed by atoms with E-state index < -0.39 is 0 Å². The van der Waals surface area contributed by atoms with Gasteiger partial charge in [-0.05, 0) is 27.7 Å². The van der Waals surface area contributed by atoms with Crippen molar-refractivity contribution < 1.29 is 4.79 Å². The highest BCUT2D eigenvalue weighted by Gasteiger charge is 2.20. The van der Waals surface area contributed by atoms with Gasteiger partial charge in [0.15, 0.2) is 0 Å². The molecule has 4 nitrogen and oxygen atoms in total. The third-order valence-corrected chi connectivity index (χ3v) is 2.06. The van der Waals surface area contributed by atoms with E-state index in [1.165, 1.54) is 10.9 Å². The van der Waals surface area contributed by atoms with Crippen molar-refractivity contribution in [2.45, 2.75) is 39.8 Å². The largest absolute Gasteiger partial charge is 0.329 e. The maximum atomic E-state index is 11.9. The lowest BCUT2D eigenvalue weighted by atomic mass is 10.2. The molecule has 78 valence electrons. The first-order chi connectivity index (χ1) is 6.54. The van der Waals surface area contributed by atoms with Crippen LogP contribution in [0, 0.1) is 0 Å². The molecular formula is C10H17N3O. The molecule has 0 aliphatic carbocycles. The standard InChI is InChI=1S/C10H17N3O/c1-8(2)13(9(3)4)10(14)12-6-5-11-7-12/h5-9H,1-4H3. The summed E-state index contributed by atoms with van der Waals surface area (Å²) in [5.41, 5.74) is 0. The number of imidazole rings is 1. The summed E-state index contributed by atoms with van der Waals surface area (Å²) in [6, 6.07) is 0.377. The minimum Gasteiger partial charge on any atom is -0.319 e. The van der Waals surface area contributed by atoms with Crippen molar-refractivity contribution >= 4 is 6.03 Å². The van der Waals surface area contributed by atoms with Crippen LogP contribution in [0.4, 0.5) is 4.79 Å². The van der Waals surface area contributed by atoms with Crippen molar-refractivity contribution in [1.29, 1.82) is 0 Å². The van der Waals surface area contributed by atoms with E-state index in [1.54, 1.807) is 12.4 Å². The average molecular weight is 195 g/mol. The summed E-state index contributed by atoms with van der Waals surface area (Å²) in [7, 11) is 0. The Morgan fingerprint density at radius 1 is 1.29 bits per heavy atom. The van der Waals surface area contributed by atoms with Gasteiger partial charge in [-0.15, -0.1) is 0 Å². The first-order valence-corrected chi connectivity index (χ1v) is 4.84. The van der Waals surface area contributed by atoms with Crippen molar-refractivity contribution in [3.8, 4) is 0 Å². The molecule has 0 aromatic carbocycles. The quantitative estimate of drug-likeness (QED) is 0.723. The van der Waals surface area contributed by atoms with Crippen LogP contribution in [0.3, 0.4) is 0 Å². The van der Waals surface area contributed by atoms with Crippen LogP contribution in [0.5, 0.6) is 0 Å².